The third-order valence-electron chi connectivity index (χ3n) is 4.27. The number of rotatable bonds is 6. The third-order valence-corrected chi connectivity index (χ3v) is 4.27. The van der Waals surface area contributed by atoms with E-state index >= 15 is 0 Å². The molecule has 134 valence electrons. The van der Waals surface area contributed by atoms with Crippen LogP contribution in [0.15, 0.2) is 54.7 Å². The first-order valence-electron chi connectivity index (χ1n) is 8.96. The van der Waals surface area contributed by atoms with Crippen LogP contribution in [-0.4, -0.2) is 27.2 Å². The maximum absolute atomic E-state index is 13.0. The number of aromatic nitrogens is 3. The summed E-state index contributed by atoms with van der Waals surface area (Å²) in [4.78, 5) is 19.3. The quantitative estimate of drug-likeness (QED) is 0.666. The van der Waals surface area contributed by atoms with E-state index in [0.717, 1.165) is 29.9 Å². The van der Waals surface area contributed by atoms with Gasteiger partial charge in [0.25, 0.3) is 5.91 Å². The summed E-state index contributed by atoms with van der Waals surface area (Å²) in [7, 11) is 0. The fraction of sp³-hybridized carbons (Fsp3) is 0.286. The number of anilines is 1. The first-order chi connectivity index (χ1) is 12.6. The van der Waals surface area contributed by atoms with Crippen molar-refractivity contribution in [2.24, 2.45) is 0 Å². The molecule has 2 heterocycles. The minimum absolute atomic E-state index is 0.0305. The summed E-state index contributed by atoms with van der Waals surface area (Å²) in [6.45, 7) is 6.76. The van der Waals surface area contributed by atoms with Gasteiger partial charge in [-0.15, -0.1) is 0 Å². The maximum Gasteiger partial charge on any atom is 0.259 e. The van der Waals surface area contributed by atoms with Gasteiger partial charge in [0.1, 0.15) is 0 Å². The van der Waals surface area contributed by atoms with Crippen LogP contribution in [0.1, 0.15) is 41.5 Å². The van der Waals surface area contributed by atoms with E-state index in [1.165, 1.54) is 0 Å². The highest BCUT2D eigenvalue weighted by molar-refractivity contribution is 6.05. The predicted octanol–water partition coefficient (Wildman–Crippen LogP) is 4.33. The van der Waals surface area contributed by atoms with Crippen LogP contribution in [-0.2, 0) is 0 Å². The van der Waals surface area contributed by atoms with Crippen LogP contribution in [0.25, 0.3) is 5.82 Å². The van der Waals surface area contributed by atoms with E-state index in [0.29, 0.717) is 17.9 Å². The van der Waals surface area contributed by atoms with Gasteiger partial charge in [-0.25, -0.2) is 9.67 Å². The molecule has 5 heteroatoms. The number of carbonyl (C=O) groups excluding carboxylic acids is 1. The lowest BCUT2D eigenvalue weighted by atomic mass is 10.2. The second-order valence-electron chi connectivity index (χ2n) is 6.39. The van der Waals surface area contributed by atoms with E-state index < -0.39 is 0 Å². The Balaban J connectivity index is 1.86. The number of unbranched alkanes of at least 4 members (excludes halogenated alkanes) is 1. The van der Waals surface area contributed by atoms with Crippen molar-refractivity contribution < 1.29 is 4.79 Å². The SMILES string of the molecule is CCCCN(C(=O)c1ccc(-n2nc(C)cc2C)nc1)c1ccccc1. The van der Waals surface area contributed by atoms with Gasteiger partial charge in [-0.05, 0) is 50.6 Å². The molecule has 0 saturated heterocycles. The van der Waals surface area contributed by atoms with Gasteiger partial charge in [-0.3, -0.25) is 4.79 Å². The molecule has 0 saturated carbocycles. The Labute approximate surface area is 154 Å². The lowest BCUT2D eigenvalue weighted by Gasteiger charge is -2.22. The minimum atomic E-state index is -0.0305. The second-order valence-corrected chi connectivity index (χ2v) is 6.39. The zero-order chi connectivity index (χ0) is 18.5. The number of aryl methyl sites for hydroxylation is 2. The van der Waals surface area contributed by atoms with Gasteiger partial charge in [-0.1, -0.05) is 31.5 Å². The molecule has 3 aromatic rings. The molecule has 0 aliphatic carbocycles. The van der Waals surface area contributed by atoms with Crippen molar-refractivity contribution in [2.75, 3.05) is 11.4 Å². The molecule has 0 aliphatic rings. The molecule has 0 fully saturated rings. The standard InChI is InChI=1S/C21H24N4O/c1-4-5-13-24(19-9-7-6-8-10-19)21(26)18-11-12-20(22-15-18)25-17(3)14-16(2)23-25/h6-12,14-15H,4-5,13H2,1-3H3. The molecule has 1 amide bonds. The summed E-state index contributed by atoms with van der Waals surface area (Å²) in [5, 5.41) is 4.44. The lowest BCUT2D eigenvalue weighted by molar-refractivity contribution is 0.0986. The lowest BCUT2D eigenvalue weighted by Crippen LogP contribution is -2.32. The highest BCUT2D eigenvalue weighted by atomic mass is 16.2. The fourth-order valence-corrected chi connectivity index (χ4v) is 2.93. The van der Waals surface area contributed by atoms with Crippen molar-refractivity contribution in [3.8, 4) is 5.82 Å². The molecule has 1 aromatic carbocycles. The number of carbonyl (C=O) groups is 1. The molecule has 5 nitrogen and oxygen atoms in total. The number of nitrogens with zero attached hydrogens (tertiary/aromatic N) is 4. The summed E-state index contributed by atoms with van der Waals surface area (Å²) in [6.07, 6.45) is 3.62. The van der Waals surface area contributed by atoms with Crippen molar-refractivity contribution in [3.05, 3.63) is 71.7 Å². The Morgan fingerprint density at radius 2 is 1.88 bits per heavy atom. The highest BCUT2D eigenvalue weighted by Crippen LogP contribution is 2.18. The summed E-state index contributed by atoms with van der Waals surface area (Å²) in [5.74, 6) is 0.684. The average molecular weight is 348 g/mol. The van der Waals surface area contributed by atoms with E-state index in [1.807, 2.05) is 67.3 Å². The molecule has 0 atom stereocenters. The van der Waals surface area contributed by atoms with E-state index in [2.05, 4.69) is 17.0 Å². The largest absolute Gasteiger partial charge is 0.308 e. The topological polar surface area (TPSA) is 51.0 Å². The van der Waals surface area contributed by atoms with E-state index in [4.69, 9.17) is 0 Å². The fourth-order valence-electron chi connectivity index (χ4n) is 2.93. The van der Waals surface area contributed by atoms with Gasteiger partial charge >= 0.3 is 0 Å². The highest BCUT2D eigenvalue weighted by Gasteiger charge is 2.18. The van der Waals surface area contributed by atoms with Crippen LogP contribution in [0, 0.1) is 13.8 Å². The summed E-state index contributed by atoms with van der Waals surface area (Å²) in [5.41, 5.74) is 3.45. The Bertz CT molecular complexity index is 869. The molecule has 0 radical (unpaired) electrons. The van der Waals surface area contributed by atoms with Gasteiger partial charge in [0.2, 0.25) is 0 Å². The number of hydrogen-bond donors (Lipinski definition) is 0. The maximum atomic E-state index is 13.0. The second kappa shape index (κ2) is 7.95. The molecule has 0 N–H and O–H groups in total. The molecular formula is C21H24N4O. The van der Waals surface area contributed by atoms with Crippen molar-refractivity contribution >= 4 is 11.6 Å². The zero-order valence-corrected chi connectivity index (χ0v) is 15.5. The normalized spacial score (nSPS) is 10.7. The Hall–Kier alpha value is -2.95. The summed E-state index contributed by atoms with van der Waals surface area (Å²) in [6, 6.07) is 15.5. The van der Waals surface area contributed by atoms with E-state index in [9.17, 15) is 4.79 Å². The van der Waals surface area contributed by atoms with Crippen LogP contribution in [0.2, 0.25) is 0 Å². The van der Waals surface area contributed by atoms with Crippen LogP contribution in [0.3, 0.4) is 0 Å². The van der Waals surface area contributed by atoms with Gasteiger partial charge in [-0.2, -0.15) is 5.10 Å². The monoisotopic (exact) mass is 348 g/mol. The predicted molar refractivity (Wildman–Crippen MR) is 104 cm³/mol. The Kier molecular flexibility index (Phi) is 5.46. The van der Waals surface area contributed by atoms with E-state index in [-0.39, 0.29) is 5.91 Å². The molecule has 0 aliphatic heterocycles. The number of hydrogen-bond acceptors (Lipinski definition) is 3. The van der Waals surface area contributed by atoms with Gasteiger partial charge in [0, 0.05) is 24.1 Å². The number of pyridine rings is 1. The van der Waals surface area contributed by atoms with Gasteiger partial charge < -0.3 is 4.90 Å². The van der Waals surface area contributed by atoms with Gasteiger partial charge in [0.05, 0.1) is 11.3 Å². The van der Waals surface area contributed by atoms with Crippen LogP contribution >= 0.6 is 0 Å². The first kappa shape index (κ1) is 17.9. The minimum Gasteiger partial charge on any atom is -0.308 e. The van der Waals surface area contributed by atoms with Gasteiger partial charge in [0.15, 0.2) is 5.82 Å². The molecule has 26 heavy (non-hydrogen) atoms. The van der Waals surface area contributed by atoms with E-state index in [1.54, 1.807) is 10.9 Å². The Morgan fingerprint density at radius 3 is 2.46 bits per heavy atom. The van der Waals surface area contributed by atoms with Crippen LogP contribution in [0.4, 0.5) is 5.69 Å². The zero-order valence-electron chi connectivity index (χ0n) is 15.5. The first-order valence-corrected chi connectivity index (χ1v) is 8.96. The van der Waals surface area contributed by atoms with Crippen molar-refractivity contribution in [1.82, 2.24) is 14.8 Å². The number of benzene rings is 1. The summed E-state index contributed by atoms with van der Waals surface area (Å²) < 4.78 is 1.79. The third kappa shape index (κ3) is 3.82. The molecular weight excluding hydrogens is 324 g/mol. The average Bonchev–Trinajstić information content (AvgIpc) is 3.01. The van der Waals surface area contributed by atoms with Crippen LogP contribution < -0.4 is 4.90 Å². The number of para-hydroxylation sites is 1. The molecule has 0 bridgehead atoms. The smallest absolute Gasteiger partial charge is 0.259 e. The molecule has 0 spiro atoms. The van der Waals surface area contributed by atoms with Crippen LogP contribution in [0.5, 0.6) is 0 Å². The van der Waals surface area contributed by atoms with Crippen molar-refractivity contribution in [3.63, 3.8) is 0 Å². The molecule has 0 unspecified atom stereocenters. The Morgan fingerprint density at radius 1 is 1.12 bits per heavy atom. The number of amides is 1. The summed E-state index contributed by atoms with van der Waals surface area (Å²) >= 11 is 0. The molecule has 3 rings (SSSR count). The van der Waals surface area contributed by atoms with Crippen molar-refractivity contribution in [2.45, 2.75) is 33.6 Å². The molecule has 2 aromatic heterocycles. The van der Waals surface area contributed by atoms with Crippen molar-refractivity contribution in [1.29, 1.82) is 0 Å².